The maximum atomic E-state index is 12.6. The van der Waals surface area contributed by atoms with E-state index < -0.39 is 10.0 Å². The van der Waals surface area contributed by atoms with Gasteiger partial charge in [-0.05, 0) is 31.2 Å². The quantitative estimate of drug-likeness (QED) is 0.553. The van der Waals surface area contributed by atoms with Gasteiger partial charge in [0.05, 0.1) is 23.9 Å². The van der Waals surface area contributed by atoms with Gasteiger partial charge >= 0.3 is 0 Å². The van der Waals surface area contributed by atoms with Gasteiger partial charge in [-0.25, -0.2) is 18.4 Å². The molecule has 7 nitrogen and oxygen atoms in total. The molecule has 0 saturated carbocycles. The minimum atomic E-state index is -3.52. The predicted molar refractivity (Wildman–Crippen MR) is 110 cm³/mol. The van der Waals surface area contributed by atoms with E-state index in [0.717, 1.165) is 16.3 Å². The molecule has 3 aromatic rings. The second kappa shape index (κ2) is 8.66. The van der Waals surface area contributed by atoms with E-state index in [4.69, 9.17) is 9.15 Å². The predicted octanol–water partition coefficient (Wildman–Crippen LogP) is 3.36. The molecule has 0 atom stereocenters. The Morgan fingerprint density at radius 3 is 2.55 bits per heavy atom. The van der Waals surface area contributed by atoms with E-state index in [1.54, 1.807) is 18.4 Å². The molecule has 0 spiro atoms. The van der Waals surface area contributed by atoms with Gasteiger partial charge in [0.25, 0.3) is 0 Å². The van der Waals surface area contributed by atoms with Gasteiger partial charge in [-0.2, -0.15) is 4.31 Å². The van der Waals surface area contributed by atoms with E-state index in [0.29, 0.717) is 37.9 Å². The topological polar surface area (TPSA) is 85.5 Å². The molecule has 29 heavy (non-hydrogen) atoms. The summed E-state index contributed by atoms with van der Waals surface area (Å²) in [4.78, 5) is 9.01. The lowest BCUT2D eigenvalue weighted by Crippen LogP contribution is -2.40. The molecular weight excluding hydrogens is 410 g/mol. The van der Waals surface area contributed by atoms with Gasteiger partial charge in [-0.1, -0.05) is 29.5 Å². The van der Waals surface area contributed by atoms with Crippen LogP contribution in [0.1, 0.15) is 11.3 Å². The van der Waals surface area contributed by atoms with Gasteiger partial charge in [-0.3, -0.25) is 0 Å². The fourth-order valence-corrected chi connectivity index (χ4v) is 4.96. The Morgan fingerprint density at radius 1 is 1.10 bits per heavy atom. The van der Waals surface area contributed by atoms with Crippen molar-refractivity contribution in [3.05, 3.63) is 60.1 Å². The highest BCUT2D eigenvalue weighted by Gasteiger charge is 2.26. The number of thioether (sulfide) groups is 1. The van der Waals surface area contributed by atoms with Crippen molar-refractivity contribution in [2.75, 3.05) is 26.3 Å². The molecule has 0 amide bonds. The van der Waals surface area contributed by atoms with Crippen molar-refractivity contribution < 1.29 is 17.6 Å². The van der Waals surface area contributed by atoms with E-state index in [2.05, 4.69) is 9.97 Å². The summed E-state index contributed by atoms with van der Waals surface area (Å²) in [6.45, 7) is 3.61. The fourth-order valence-electron chi connectivity index (χ4n) is 2.89. The Balaban J connectivity index is 1.39. The maximum absolute atomic E-state index is 12.6. The van der Waals surface area contributed by atoms with Crippen LogP contribution < -0.4 is 0 Å². The first-order valence-corrected chi connectivity index (χ1v) is 11.6. The zero-order valence-corrected chi connectivity index (χ0v) is 17.6. The number of hydrogen-bond donors (Lipinski definition) is 0. The largest absolute Gasteiger partial charge is 0.444 e. The third-order valence-electron chi connectivity index (χ3n) is 4.54. The molecule has 4 rings (SSSR count). The lowest BCUT2D eigenvalue weighted by atomic mass is 10.1. The van der Waals surface area contributed by atoms with Gasteiger partial charge in [-0.15, -0.1) is 0 Å². The van der Waals surface area contributed by atoms with Crippen LogP contribution in [0.2, 0.25) is 0 Å². The van der Waals surface area contributed by atoms with Crippen LogP contribution in [-0.2, 0) is 20.5 Å². The van der Waals surface area contributed by atoms with Crippen molar-refractivity contribution in [3.8, 4) is 11.5 Å². The second-order valence-corrected chi connectivity index (χ2v) is 9.58. The van der Waals surface area contributed by atoms with Crippen LogP contribution in [0.3, 0.4) is 0 Å². The molecule has 1 fully saturated rings. The number of aromatic nitrogens is 2. The number of ether oxygens (including phenoxy) is 1. The molecule has 1 aromatic carbocycles. The molecule has 3 heterocycles. The van der Waals surface area contributed by atoms with Crippen LogP contribution >= 0.6 is 11.8 Å². The van der Waals surface area contributed by atoms with Crippen molar-refractivity contribution in [2.24, 2.45) is 0 Å². The van der Waals surface area contributed by atoms with Crippen molar-refractivity contribution in [1.82, 2.24) is 14.3 Å². The Labute approximate surface area is 174 Å². The monoisotopic (exact) mass is 431 g/mol. The van der Waals surface area contributed by atoms with Gasteiger partial charge in [0.15, 0.2) is 0 Å². The van der Waals surface area contributed by atoms with E-state index in [9.17, 15) is 8.42 Å². The first-order chi connectivity index (χ1) is 14.0. The van der Waals surface area contributed by atoms with Crippen LogP contribution in [0, 0.1) is 6.92 Å². The van der Waals surface area contributed by atoms with Crippen LogP contribution in [0.15, 0.2) is 63.2 Å². The van der Waals surface area contributed by atoms with E-state index in [1.807, 2.05) is 31.2 Å². The van der Waals surface area contributed by atoms with Gasteiger partial charge in [0.2, 0.25) is 15.9 Å². The number of benzene rings is 1. The highest BCUT2D eigenvalue weighted by Crippen LogP contribution is 2.25. The smallest absolute Gasteiger partial charge is 0.244 e. The summed E-state index contributed by atoms with van der Waals surface area (Å²) < 4.78 is 37.5. The summed E-state index contributed by atoms with van der Waals surface area (Å²) in [6, 6.07) is 11.3. The zero-order chi connectivity index (χ0) is 20.3. The van der Waals surface area contributed by atoms with E-state index in [-0.39, 0.29) is 4.90 Å². The average Bonchev–Trinajstić information content (AvgIpc) is 3.23. The normalized spacial score (nSPS) is 15.5. The molecule has 9 heteroatoms. The number of sulfonamides is 1. The first kappa shape index (κ1) is 20.1. The summed E-state index contributed by atoms with van der Waals surface area (Å²) in [7, 11) is -3.52. The molecule has 0 N–H and O–H groups in total. The third kappa shape index (κ3) is 4.69. The number of pyridine rings is 1. The van der Waals surface area contributed by atoms with Crippen molar-refractivity contribution in [3.63, 3.8) is 0 Å². The molecule has 0 bridgehead atoms. The summed E-state index contributed by atoms with van der Waals surface area (Å²) in [5.41, 5.74) is 2.92. The number of aryl methyl sites for hydroxylation is 1. The Hall–Kier alpha value is -2.20. The summed E-state index contributed by atoms with van der Waals surface area (Å²) in [5, 5.41) is 0.728. The van der Waals surface area contributed by atoms with E-state index in [1.165, 1.54) is 27.8 Å². The molecule has 0 unspecified atom stereocenters. The highest BCUT2D eigenvalue weighted by molar-refractivity contribution is 7.98. The molecule has 0 aliphatic carbocycles. The SMILES string of the molecule is Cc1ccc(-c2nc(CSc3ccc(S(=O)(=O)N4CCOCC4)cn3)co2)cc1. The fraction of sp³-hybridized carbons (Fsp3) is 0.300. The Bertz CT molecular complexity index is 1060. The molecule has 1 saturated heterocycles. The molecule has 0 radical (unpaired) electrons. The average molecular weight is 432 g/mol. The zero-order valence-electron chi connectivity index (χ0n) is 15.9. The summed E-state index contributed by atoms with van der Waals surface area (Å²) in [6.07, 6.45) is 3.05. The maximum Gasteiger partial charge on any atom is 0.244 e. The number of nitrogens with zero attached hydrogens (tertiary/aromatic N) is 3. The van der Waals surface area contributed by atoms with Crippen molar-refractivity contribution >= 4 is 21.8 Å². The minimum Gasteiger partial charge on any atom is -0.444 e. The van der Waals surface area contributed by atoms with Crippen LogP contribution in [0.4, 0.5) is 0 Å². The molecular formula is C20H21N3O4S2. The van der Waals surface area contributed by atoms with Crippen LogP contribution in [0.5, 0.6) is 0 Å². The summed E-state index contributed by atoms with van der Waals surface area (Å²) >= 11 is 1.48. The first-order valence-electron chi connectivity index (χ1n) is 9.20. The lowest BCUT2D eigenvalue weighted by Gasteiger charge is -2.25. The van der Waals surface area contributed by atoms with Gasteiger partial charge in [0, 0.05) is 30.6 Å². The molecule has 152 valence electrons. The van der Waals surface area contributed by atoms with Crippen LogP contribution in [-0.4, -0.2) is 49.0 Å². The number of rotatable bonds is 6. The lowest BCUT2D eigenvalue weighted by molar-refractivity contribution is 0.0730. The Kier molecular flexibility index (Phi) is 6.00. The third-order valence-corrected chi connectivity index (χ3v) is 7.39. The molecule has 1 aliphatic heterocycles. The highest BCUT2D eigenvalue weighted by atomic mass is 32.2. The van der Waals surface area contributed by atoms with Crippen molar-refractivity contribution in [2.45, 2.75) is 22.6 Å². The second-order valence-electron chi connectivity index (χ2n) is 6.65. The molecule has 1 aliphatic rings. The number of oxazole rings is 1. The van der Waals surface area contributed by atoms with Gasteiger partial charge in [0.1, 0.15) is 11.2 Å². The summed E-state index contributed by atoms with van der Waals surface area (Å²) in [5.74, 6) is 1.17. The van der Waals surface area contributed by atoms with Crippen LogP contribution in [0.25, 0.3) is 11.5 Å². The molecule has 2 aromatic heterocycles. The van der Waals surface area contributed by atoms with Crippen molar-refractivity contribution in [1.29, 1.82) is 0 Å². The van der Waals surface area contributed by atoms with Gasteiger partial charge < -0.3 is 9.15 Å². The van der Waals surface area contributed by atoms with E-state index >= 15 is 0 Å². The number of morpholine rings is 1. The standard InChI is InChI=1S/C20H21N3O4S2/c1-15-2-4-16(5-3-15)20-22-17(13-27-20)14-28-19-7-6-18(12-21-19)29(24,25)23-8-10-26-11-9-23/h2-7,12-13H,8-11,14H2,1H3. The number of hydrogen-bond acceptors (Lipinski definition) is 7. The minimum absolute atomic E-state index is 0.201. The Morgan fingerprint density at radius 2 is 1.86 bits per heavy atom.